The highest BCUT2D eigenvalue weighted by molar-refractivity contribution is 9.11. The number of thiophene rings is 1. The minimum Gasteiger partial charge on any atom is -0.394 e. The first-order valence-electron chi connectivity index (χ1n) is 5.31. The standard InChI is InChI=1S/C11H14BrNO2S/c1-7-5-9(16-10(7)12)11(15)13-4-2-3-8(13)6-14/h5,8,14H,2-4,6H2,1H3. The number of hydrogen-bond acceptors (Lipinski definition) is 3. The fraction of sp³-hybridized carbons (Fsp3) is 0.545. The van der Waals surface area contributed by atoms with Gasteiger partial charge < -0.3 is 10.0 Å². The highest BCUT2D eigenvalue weighted by Gasteiger charge is 2.29. The topological polar surface area (TPSA) is 40.5 Å². The molecule has 3 nitrogen and oxygen atoms in total. The summed E-state index contributed by atoms with van der Waals surface area (Å²) in [5, 5.41) is 9.19. The molecular weight excluding hydrogens is 290 g/mol. The third-order valence-electron chi connectivity index (χ3n) is 2.92. The number of aliphatic hydroxyl groups is 1. The van der Waals surface area contributed by atoms with Crippen molar-refractivity contribution in [2.45, 2.75) is 25.8 Å². The first-order chi connectivity index (χ1) is 7.63. The van der Waals surface area contributed by atoms with Crippen molar-refractivity contribution < 1.29 is 9.90 Å². The summed E-state index contributed by atoms with van der Waals surface area (Å²) < 4.78 is 1.01. The molecule has 1 atom stereocenters. The van der Waals surface area contributed by atoms with E-state index in [2.05, 4.69) is 15.9 Å². The lowest BCUT2D eigenvalue weighted by atomic mass is 10.2. The van der Waals surface area contributed by atoms with Crippen LogP contribution in [0.3, 0.4) is 0 Å². The smallest absolute Gasteiger partial charge is 0.264 e. The van der Waals surface area contributed by atoms with Crippen molar-refractivity contribution in [2.75, 3.05) is 13.2 Å². The number of nitrogens with zero attached hydrogens (tertiary/aromatic N) is 1. The average Bonchev–Trinajstić information content (AvgIpc) is 2.85. The Labute approximate surface area is 107 Å². The molecule has 88 valence electrons. The van der Waals surface area contributed by atoms with Crippen LogP contribution < -0.4 is 0 Å². The Morgan fingerprint density at radius 1 is 1.75 bits per heavy atom. The van der Waals surface area contributed by atoms with Crippen LogP contribution >= 0.6 is 27.3 Å². The van der Waals surface area contributed by atoms with Crippen molar-refractivity contribution in [1.82, 2.24) is 4.90 Å². The number of rotatable bonds is 2. The largest absolute Gasteiger partial charge is 0.394 e. The molecule has 1 aromatic heterocycles. The van der Waals surface area contributed by atoms with Gasteiger partial charge in [-0.15, -0.1) is 11.3 Å². The van der Waals surface area contributed by atoms with E-state index in [4.69, 9.17) is 0 Å². The van der Waals surface area contributed by atoms with Gasteiger partial charge in [0.2, 0.25) is 0 Å². The molecule has 1 amide bonds. The highest BCUT2D eigenvalue weighted by atomic mass is 79.9. The Morgan fingerprint density at radius 3 is 3.06 bits per heavy atom. The minimum atomic E-state index is 0.00804. The summed E-state index contributed by atoms with van der Waals surface area (Å²) >= 11 is 4.89. The summed E-state index contributed by atoms with van der Waals surface area (Å²) in [6, 6.07) is 1.91. The van der Waals surface area contributed by atoms with E-state index in [1.807, 2.05) is 13.0 Å². The van der Waals surface area contributed by atoms with Crippen LogP contribution in [0.15, 0.2) is 9.85 Å². The molecule has 1 fully saturated rings. The maximum atomic E-state index is 12.2. The number of halogens is 1. The molecular formula is C11H14BrNO2S. The normalized spacial score (nSPS) is 20.4. The molecule has 2 rings (SSSR count). The van der Waals surface area contributed by atoms with Gasteiger partial charge in [-0.1, -0.05) is 0 Å². The molecule has 2 heterocycles. The van der Waals surface area contributed by atoms with Gasteiger partial charge in [0.15, 0.2) is 0 Å². The van der Waals surface area contributed by atoms with Crippen LogP contribution in [-0.2, 0) is 0 Å². The van der Waals surface area contributed by atoms with Gasteiger partial charge in [0.1, 0.15) is 0 Å². The number of amides is 1. The van der Waals surface area contributed by atoms with E-state index < -0.39 is 0 Å². The molecule has 1 aromatic rings. The fourth-order valence-electron chi connectivity index (χ4n) is 2.00. The van der Waals surface area contributed by atoms with E-state index in [1.54, 1.807) is 4.90 Å². The Balaban J connectivity index is 2.18. The van der Waals surface area contributed by atoms with Crippen LogP contribution in [0.25, 0.3) is 0 Å². The van der Waals surface area contributed by atoms with Crippen molar-refractivity contribution in [3.63, 3.8) is 0 Å². The van der Waals surface area contributed by atoms with Gasteiger partial charge in [0.05, 0.1) is 21.3 Å². The summed E-state index contributed by atoms with van der Waals surface area (Å²) in [5.41, 5.74) is 1.09. The molecule has 1 aliphatic heterocycles. The summed E-state index contributed by atoms with van der Waals surface area (Å²) in [6.45, 7) is 2.81. The van der Waals surface area contributed by atoms with Crippen LogP contribution in [0.5, 0.6) is 0 Å². The predicted octanol–water partition coefficient (Wildman–Crippen LogP) is 2.42. The van der Waals surface area contributed by atoms with Crippen LogP contribution in [0.4, 0.5) is 0 Å². The molecule has 0 aromatic carbocycles. The predicted molar refractivity (Wildman–Crippen MR) is 67.9 cm³/mol. The van der Waals surface area contributed by atoms with Crippen LogP contribution in [0.2, 0.25) is 0 Å². The lowest BCUT2D eigenvalue weighted by Gasteiger charge is -2.22. The molecule has 0 radical (unpaired) electrons. The van der Waals surface area contributed by atoms with Gasteiger partial charge in [-0.25, -0.2) is 0 Å². The number of aliphatic hydroxyl groups excluding tert-OH is 1. The summed E-state index contributed by atoms with van der Waals surface area (Å²) in [6.07, 6.45) is 1.90. The van der Waals surface area contributed by atoms with Gasteiger partial charge in [-0.05, 0) is 47.3 Å². The van der Waals surface area contributed by atoms with Gasteiger partial charge in [-0.3, -0.25) is 4.79 Å². The van der Waals surface area contributed by atoms with Gasteiger partial charge in [0, 0.05) is 6.54 Å². The molecule has 16 heavy (non-hydrogen) atoms. The van der Waals surface area contributed by atoms with E-state index >= 15 is 0 Å². The second-order valence-electron chi connectivity index (χ2n) is 4.04. The third kappa shape index (κ3) is 2.17. The maximum Gasteiger partial charge on any atom is 0.264 e. The number of hydrogen-bond donors (Lipinski definition) is 1. The van der Waals surface area contributed by atoms with Gasteiger partial charge in [0.25, 0.3) is 5.91 Å². The summed E-state index contributed by atoms with van der Waals surface area (Å²) in [5.74, 6) is 0.0513. The van der Waals surface area contributed by atoms with Crippen LogP contribution in [0.1, 0.15) is 28.1 Å². The Hall–Kier alpha value is -0.390. The fourth-order valence-corrected chi connectivity index (χ4v) is 3.49. The molecule has 1 aliphatic rings. The SMILES string of the molecule is Cc1cc(C(=O)N2CCCC2CO)sc1Br. The number of carbonyl (C=O) groups excluding carboxylic acids is 1. The van der Waals surface area contributed by atoms with Crippen molar-refractivity contribution >= 4 is 33.2 Å². The van der Waals surface area contributed by atoms with E-state index in [0.717, 1.165) is 33.6 Å². The van der Waals surface area contributed by atoms with Crippen LogP contribution in [0, 0.1) is 6.92 Å². The lowest BCUT2D eigenvalue weighted by molar-refractivity contribution is 0.0682. The van der Waals surface area contributed by atoms with Crippen molar-refractivity contribution in [3.8, 4) is 0 Å². The van der Waals surface area contributed by atoms with Crippen molar-refractivity contribution in [2.24, 2.45) is 0 Å². The van der Waals surface area contributed by atoms with E-state index in [0.29, 0.717) is 0 Å². The second-order valence-corrected chi connectivity index (χ2v) is 6.41. The minimum absolute atomic E-state index is 0.00804. The quantitative estimate of drug-likeness (QED) is 0.911. The number of likely N-dealkylation sites (tertiary alicyclic amines) is 1. The molecule has 1 N–H and O–H groups in total. The number of carbonyl (C=O) groups is 1. The molecule has 0 bridgehead atoms. The summed E-state index contributed by atoms with van der Waals surface area (Å²) in [4.78, 5) is 14.7. The van der Waals surface area contributed by atoms with Gasteiger partial charge in [-0.2, -0.15) is 0 Å². The third-order valence-corrected chi connectivity index (χ3v) is 5.04. The van der Waals surface area contributed by atoms with E-state index in [-0.39, 0.29) is 18.6 Å². The number of aryl methyl sites for hydroxylation is 1. The second kappa shape index (κ2) is 4.85. The zero-order valence-corrected chi connectivity index (χ0v) is 11.5. The molecule has 5 heteroatoms. The van der Waals surface area contributed by atoms with Crippen LogP contribution in [-0.4, -0.2) is 35.1 Å². The molecule has 0 saturated carbocycles. The summed E-state index contributed by atoms with van der Waals surface area (Å²) in [7, 11) is 0. The first kappa shape index (κ1) is 12.1. The lowest BCUT2D eigenvalue weighted by Crippen LogP contribution is -2.37. The van der Waals surface area contributed by atoms with Gasteiger partial charge >= 0.3 is 0 Å². The molecule has 0 aliphatic carbocycles. The van der Waals surface area contributed by atoms with E-state index in [1.165, 1.54) is 11.3 Å². The Bertz CT molecular complexity index is 385. The molecule has 1 unspecified atom stereocenters. The van der Waals surface area contributed by atoms with Crippen molar-refractivity contribution in [1.29, 1.82) is 0 Å². The van der Waals surface area contributed by atoms with E-state index in [9.17, 15) is 9.90 Å². The highest BCUT2D eigenvalue weighted by Crippen LogP contribution is 2.30. The van der Waals surface area contributed by atoms with Crippen molar-refractivity contribution in [3.05, 3.63) is 20.3 Å². The zero-order chi connectivity index (χ0) is 11.7. The maximum absolute atomic E-state index is 12.2. The Morgan fingerprint density at radius 2 is 2.50 bits per heavy atom. The molecule has 0 spiro atoms. The zero-order valence-electron chi connectivity index (χ0n) is 9.07. The average molecular weight is 304 g/mol. The monoisotopic (exact) mass is 303 g/mol. The molecule has 1 saturated heterocycles. The first-order valence-corrected chi connectivity index (χ1v) is 6.92. The Kier molecular flexibility index (Phi) is 3.66.